The van der Waals surface area contributed by atoms with E-state index >= 15 is 0 Å². The van der Waals surface area contributed by atoms with E-state index in [4.69, 9.17) is 4.74 Å². The maximum absolute atomic E-state index is 12.9. The average molecular weight is 507 g/mol. The summed E-state index contributed by atoms with van der Waals surface area (Å²) in [7, 11) is 0. The number of amides is 2. The minimum atomic E-state index is -0.631. The van der Waals surface area contributed by atoms with Crippen molar-refractivity contribution in [2.24, 2.45) is 16.7 Å². The summed E-state index contributed by atoms with van der Waals surface area (Å²) >= 11 is 0. The number of likely N-dealkylation sites (tertiary alicyclic amines) is 1. The van der Waals surface area contributed by atoms with Crippen LogP contribution in [0.5, 0.6) is 0 Å². The minimum absolute atomic E-state index is 0.0188. The predicted octanol–water partition coefficient (Wildman–Crippen LogP) is 2.15. The second-order valence-corrected chi connectivity index (χ2v) is 13.0. The summed E-state index contributed by atoms with van der Waals surface area (Å²) in [5.41, 5.74) is -0.506. The van der Waals surface area contributed by atoms with Crippen LogP contribution in [0.15, 0.2) is 0 Å². The zero-order valence-corrected chi connectivity index (χ0v) is 23.1. The fourth-order valence-corrected chi connectivity index (χ4v) is 7.72. The van der Waals surface area contributed by atoms with Crippen LogP contribution in [0.4, 0.5) is 0 Å². The summed E-state index contributed by atoms with van der Waals surface area (Å²) in [6.07, 6.45) is 6.99. The molecule has 0 aromatic carbocycles. The Bertz CT molecular complexity index is 774. The number of carbonyl (C=O) groups is 2. The van der Waals surface area contributed by atoms with Gasteiger partial charge in [-0.1, -0.05) is 13.8 Å². The SMILES string of the molecule is CC(=O)N1CCC(NC2CC(C)(C)C3CC(C)(O)CCC23CCC(=O)NCCN2CCOCC2)CC1. The first-order valence-electron chi connectivity index (χ1n) is 14.3. The number of aliphatic hydroxyl groups is 1. The molecule has 206 valence electrons. The van der Waals surface area contributed by atoms with Crippen molar-refractivity contribution in [3.63, 3.8) is 0 Å². The van der Waals surface area contributed by atoms with Gasteiger partial charge < -0.3 is 25.4 Å². The first kappa shape index (κ1) is 27.8. The van der Waals surface area contributed by atoms with Crippen LogP contribution >= 0.6 is 0 Å². The van der Waals surface area contributed by atoms with Crippen molar-refractivity contribution in [1.82, 2.24) is 20.4 Å². The van der Waals surface area contributed by atoms with Crippen LogP contribution in [0, 0.1) is 16.7 Å². The Labute approximate surface area is 217 Å². The van der Waals surface area contributed by atoms with E-state index in [1.165, 1.54) is 0 Å². The molecule has 2 aliphatic carbocycles. The lowest BCUT2D eigenvalue weighted by atomic mass is 9.57. The van der Waals surface area contributed by atoms with E-state index in [2.05, 4.69) is 29.4 Å². The quantitative estimate of drug-likeness (QED) is 0.467. The second kappa shape index (κ2) is 11.3. The summed E-state index contributed by atoms with van der Waals surface area (Å²) in [6.45, 7) is 15.0. The molecule has 0 bridgehead atoms. The van der Waals surface area contributed by atoms with Crippen LogP contribution in [0.25, 0.3) is 0 Å². The van der Waals surface area contributed by atoms with Gasteiger partial charge in [-0.05, 0) is 68.6 Å². The van der Waals surface area contributed by atoms with Gasteiger partial charge in [-0.2, -0.15) is 0 Å². The Kier molecular flexibility index (Phi) is 8.70. The van der Waals surface area contributed by atoms with Gasteiger partial charge in [-0.3, -0.25) is 14.5 Å². The van der Waals surface area contributed by atoms with E-state index in [0.29, 0.717) is 31.0 Å². The van der Waals surface area contributed by atoms with Crippen LogP contribution in [-0.4, -0.2) is 96.9 Å². The molecular formula is C28H50N4O4. The van der Waals surface area contributed by atoms with Gasteiger partial charge in [0.15, 0.2) is 0 Å². The zero-order valence-electron chi connectivity index (χ0n) is 23.1. The van der Waals surface area contributed by atoms with Gasteiger partial charge in [0, 0.05) is 64.7 Å². The first-order chi connectivity index (χ1) is 17.0. The molecule has 2 aliphatic heterocycles. The molecule has 36 heavy (non-hydrogen) atoms. The summed E-state index contributed by atoms with van der Waals surface area (Å²) in [5.74, 6) is 0.692. The Morgan fingerprint density at radius 1 is 1.03 bits per heavy atom. The highest BCUT2D eigenvalue weighted by molar-refractivity contribution is 5.76. The molecule has 2 saturated carbocycles. The Balaban J connectivity index is 1.39. The highest BCUT2D eigenvalue weighted by Gasteiger charge is 2.61. The molecule has 4 aliphatic rings. The molecule has 4 atom stereocenters. The molecule has 3 N–H and O–H groups in total. The number of nitrogens with one attached hydrogen (secondary N) is 2. The molecule has 0 aromatic heterocycles. The van der Waals surface area contributed by atoms with Gasteiger partial charge in [-0.25, -0.2) is 0 Å². The molecule has 2 heterocycles. The van der Waals surface area contributed by atoms with Crippen molar-refractivity contribution < 1.29 is 19.4 Å². The monoisotopic (exact) mass is 506 g/mol. The van der Waals surface area contributed by atoms with E-state index in [-0.39, 0.29) is 22.6 Å². The lowest BCUT2D eigenvalue weighted by Gasteiger charge is -2.51. The molecule has 8 heteroatoms. The zero-order chi connectivity index (χ0) is 26.0. The van der Waals surface area contributed by atoms with E-state index in [1.807, 2.05) is 11.8 Å². The van der Waals surface area contributed by atoms with Gasteiger partial charge in [0.1, 0.15) is 0 Å². The number of piperidine rings is 1. The molecule has 0 spiro atoms. The van der Waals surface area contributed by atoms with E-state index in [9.17, 15) is 14.7 Å². The van der Waals surface area contributed by atoms with Gasteiger partial charge in [0.2, 0.25) is 11.8 Å². The van der Waals surface area contributed by atoms with E-state index in [0.717, 1.165) is 90.9 Å². The molecule has 0 radical (unpaired) electrons. The van der Waals surface area contributed by atoms with E-state index < -0.39 is 5.60 Å². The molecule has 0 aromatic rings. The van der Waals surface area contributed by atoms with Crippen molar-refractivity contribution in [3.8, 4) is 0 Å². The predicted molar refractivity (Wildman–Crippen MR) is 140 cm³/mol. The first-order valence-corrected chi connectivity index (χ1v) is 14.3. The number of morpholine rings is 1. The van der Waals surface area contributed by atoms with Crippen molar-refractivity contribution in [2.45, 2.75) is 96.7 Å². The fourth-order valence-electron chi connectivity index (χ4n) is 7.72. The molecule has 2 saturated heterocycles. The standard InChI is InChI=1S/C28H50N4O4/c1-21(33)32-12-6-22(7-13-32)30-24-20-26(2,3)23-19-27(4,35)9-10-28(23,24)8-5-25(34)29-11-14-31-15-17-36-18-16-31/h22-24,30,35H,5-20H2,1-4H3,(H,29,34). The number of carbonyl (C=O) groups excluding carboxylic acids is 2. The Hall–Kier alpha value is -1.22. The third-order valence-electron chi connectivity index (χ3n) is 9.88. The number of hydrogen-bond acceptors (Lipinski definition) is 6. The van der Waals surface area contributed by atoms with Crippen molar-refractivity contribution in [3.05, 3.63) is 0 Å². The maximum Gasteiger partial charge on any atom is 0.220 e. The largest absolute Gasteiger partial charge is 0.390 e. The summed E-state index contributed by atoms with van der Waals surface area (Å²) < 4.78 is 5.41. The maximum atomic E-state index is 12.9. The van der Waals surface area contributed by atoms with Gasteiger partial charge in [0.25, 0.3) is 0 Å². The van der Waals surface area contributed by atoms with Crippen LogP contribution in [0.2, 0.25) is 0 Å². The molecular weight excluding hydrogens is 456 g/mol. The summed E-state index contributed by atoms with van der Waals surface area (Å²) in [4.78, 5) is 29.0. The number of nitrogens with zero attached hydrogens (tertiary/aromatic N) is 2. The molecule has 2 amide bonds. The minimum Gasteiger partial charge on any atom is -0.390 e. The van der Waals surface area contributed by atoms with Crippen molar-refractivity contribution in [1.29, 1.82) is 0 Å². The highest BCUT2D eigenvalue weighted by atomic mass is 16.5. The van der Waals surface area contributed by atoms with Crippen molar-refractivity contribution in [2.75, 3.05) is 52.5 Å². The third kappa shape index (κ3) is 6.43. The summed E-state index contributed by atoms with van der Waals surface area (Å²) in [5, 5.41) is 18.2. The van der Waals surface area contributed by atoms with Crippen LogP contribution < -0.4 is 10.6 Å². The summed E-state index contributed by atoms with van der Waals surface area (Å²) in [6, 6.07) is 0.741. The number of fused-ring (bicyclic) bond motifs is 1. The average Bonchev–Trinajstić information content (AvgIpc) is 3.04. The fraction of sp³-hybridized carbons (Fsp3) is 0.929. The Morgan fingerprint density at radius 3 is 2.39 bits per heavy atom. The number of ether oxygens (including phenoxy) is 1. The Morgan fingerprint density at radius 2 is 1.72 bits per heavy atom. The topological polar surface area (TPSA) is 94.1 Å². The van der Waals surface area contributed by atoms with Gasteiger partial charge in [0.05, 0.1) is 18.8 Å². The second-order valence-electron chi connectivity index (χ2n) is 13.0. The lowest BCUT2D eigenvalue weighted by molar-refractivity contribution is -0.130. The van der Waals surface area contributed by atoms with Gasteiger partial charge >= 0.3 is 0 Å². The third-order valence-corrected chi connectivity index (χ3v) is 9.88. The lowest BCUT2D eigenvalue weighted by Crippen LogP contribution is -2.55. The van der Waals surface area contributed by atoms with Gasteiger partial charge in [-0.15, -0.1) is 0 Å². The molecule has 4 rings (SSSR count). The number of rotatable bonds is 8. The number of hydrogen-bond donors (Lipinski definition) is 3. The molecule has 4 unspecified atom stereocenters. The van der Waals surface area contributed by atoms with Crippen LogP contribution in [0.1, 0.15) is 79.1 Å². The normalized spacial score (nSPS) is 35.4. The molecule has 4 fully saturated rings. The van der Waals surface area contributed by atoms with Crippen LogP contribution in [0.3, 0.4) is 0 Å². The highest BCUT2D eigenvalue weighted by Crippen LogP contribution is 2.64. The van der Waals surface area contributed by atoms with Crippen LogP contribution in [-0.2, 0) is 14.3 Å². The smallest absolute Gasteiger partial charge is 0.220 e. The van der Waals surface area contributed by atoms with E-state index in [1.54, 1.807) is 6.92 Å². The molecule has 8 nitrogen and oxygen atoms in total. The van der Waals surface area contributed by atoms with Crippen molar-refractivity contribution >= 4 is 11.8 Å².